The summed E-state index contributed by atoms with van der Waals surface area (Å²) in [4.78, 5) is 2.49. The number of halogens is 1. The summed E-state index contributed by atoms with van der Waals surface area (Å²) in [6.07, 6.45) is 8.66. The van der Waals surface area contributed by atoms with Crippen molar-refractivity contribution in [2.45, 2.75) is 63.7 Å². The Morgan fingerprint density at radius 3 is 2.58 bits per heavy atom. The van der Waals surface area contributed by atoms with Crippen molar-refractivity contribution in [3.05, 3.63) is 35.6 Å². The molecule has 0 spiro atoms. The zero-order chi connectivity index (χ0) is 16.8. The highest BCUT2D eigenvalue weighted by Crippen LogP contribution is 2.32. The Morgan fingerprint density at radius 1 is 1.12 bits per heavy atom. The van der Waals surface area contributed by atoms with E-state index in [1.807, 2.05) is 0 Å². The molecule has 134 valence electrons. The van der Waals surface area contributed by atoms with Crippen molar-refractivity contribution in [1.82, 2.24) is 4.90 Å². The third-order valence-electron chi connectivity index (χ3n) is 5.25. The molecular weight excluding hydrogens is 305 g/mol. The van der Waals surface area contributed by atoms with E-state index in [2.05, 4.69) is 4.90 Å². The van der Waals surface area contributed by atoms with Gasteiger partial charge in [-0.2, -0.15) is 0 Å². The lowest BCUT2D eigenvalue weighted by Gasteiger charge is -2.35. The van der Waals surface area contributed by atoms with Gasteiger partial charge in [0, 0.05) is 24.7 Å². The first-order valence-corrected chi connectivity index (χ1v) is 9.45. The fourth-order valence-corrected chi connectivity index (χ4v) is 3.69. The average Bonchev–Trinajstić information content (AvgIpc) is 3.41. The second-order valence-corrected chi connectivity index (χ2v) is 7.45. The summed E-state index contributed by atoms with van der Waals surface area (Å²) in [5, 5.41) is 10.4. The van der Waals surface area contributed by atoms with Crippen LogP contribution in [0.4, 0.5) is 4.39 Å². The van der Waals surface area contributed by atoms with Gasteiger partial charge in [0.05, 0.1) is 19.3 Å². The van der Waals surface area contributed by atoms with Crippen LogP contribution in [0.25, 0.3) is 0 Å². The van der Waals surface area contributed by atoms with Gasteiger partial charge in [-0.3, -0.25) is 4.90 Å². The number of rotatable bonds is 9. The maximum Gasteiger partial charge on any atom is 0.128 e. The first kappa shape index (κ1) is 17.8. The molecular formula is C20H30FNO2. The summed E-state index contributed by atoms with van der Waals surface area (Å²) in [7, 11) is 0. The standard InChI is InChI=1S/C20H30FNO2/c21-20-9-5-4-6-17(20)14-24-15-19(23)13-22(12-16-10-11-16)18-7-2-1-3-8-18/h4-6,9,16,18-19,23H,1-3,7-8,10-15H2. The fourth-order valence-electron chi connectivity index (χ4n) is 3.69. The monoisotopic (exact) mass is 335 g/mol. The third-order valence-corrected chi connectivity index (χ3v) is 5.25. The van der Waals surface area contributed by atoms with Gasteiger partial charge in [0.2, 0.25) is 0 Å². The van der Waals surface area contributed by atoms with Crippen molar-refractivity contribution in [3.63, 3.8) is 0 Å². The molecule has 0 bridgehead atoms. The second kappa shape index (κ2) is 8.93. The van der Waals surface area contributed by atoms with E-state index < -0.39 is 6.10 Å². The molecule has 2 saturated carbocycles. The van der Waals surface area contributed by atoms with Crippen LogP contribution in [0.3, 0.4) is 0 Å². The van der Waals surface area contributed by atoms with Gasteiger partial charge >= 0.3 is 0 Å². The van der Waals surface area contributed by atoms with Crippen molar-refractivity contribution in [2.75, 3.05) is 19.7 Å². The van der Waals surface area contributed by atoms with Gasteiger partial charge in [-0.15, -0.1) is 0 Å². The number of hydrogen-bond donors (Lipinski definition) is 1. The molecule has 0 aliphatic heterocycles. The van der Waals surface area contributed by atoms with Crippen LogP contribution in [0.1, 0.15) is 50.5 Å². The smallest absolute Gasteiger partial charge is 0.128 e. The molecule has 3 nitrogen and oxygen atoms in total. The highest BCUT2D eigenvalue weighted by molar-refractivity contribution is 5.16. The summed E-state index contributed by atoms with van der Waals surface area (Å²) >= 11 is 0. The van der Waals surface area contributed by atoms with Gasteiger partial charge < -0.3 is 9.84 Å². The fraction of sp³-hybridized carbons (Fsp3) is 0.700. The van der Waals surface area contributed by atoms with Gasteiger partial charge in [-0.25, -0.2) is 4.39 Å². The Balaban J connectivity index is 1.44. The average molecular weight is 335 g/mol. The van der Waals surface area contributed by atoms with Gasteiger partial charge in [0.15, 0.2) is 0 Å². The van der Waals surface area contributed by atoms with E-state index in [0.29, 0.717) is 18.2 Å². The van der Waals surface area contributed by atoms with Gasteiger partial charge in [0.25, 0.3) is 0 Å². The number of benzene rings is 1. The summed E-state index contributed by atoms with van der Waals surface area (Å²) in [5.41, 5.74) is 0.548. The lowest BCUT2D eigenvalue weighted by atomic mass is 9.93. The summed E-state index contributed by atoms with van der Waals surface area (Å²) in [6.45, 7) is 2.28. The molecule has 0 heterocycles. The number of aliphatic hydroxyl groups excluding tert-OH is 1. The van der Waals surface area contributed by atoms with Crippen LogP contribution in [-0.2, 0) is 11.3 Å². The van der Waals surface area contributed by atoms with Crippen LogP contribution in [0.2, 0.25) is 0 Å². The maximum absolute atomic E-state index is 13.6. The van der Waals surface area contributed by atoms with Crippen molar-refractivity contribution >= 4 is 0 Å². The van der Waals surface area contributed by atoms with E-state index in [-0.39, 0.29) is 19.0 Å². The minimum Gasteiger partial charge on any atom is -0.389 e. The summed E-state index contributed by atoms with van der Waals surface area (Å²) < 4.78 is 19.1. The van der Waals surface area contributed by atoms with Crippen LogP contribution in [0, 0.1) is 11.7 Å². The Kier molecular flexibility index (Phi) is 6.64. The zero-order valence-electron chi connectivity index (χ0n) is 14.5. The number of ether oxygens (including phenoxy) is 1. The van der Waals surface area contributed by atoms with E-state index in [9.17, 15) is 9.50 Å². The number of nitrogens with zero attached hydrogens (tertiary/aromatic N) is 1. The zero-order valence-corrected chi connectivity index (χ0v) is 14.5. The first-order valence-electron chi connectivity index (χ1n) is 9.45. The SMILES string of the molecule is OC(COCc1ccccc1F)CN(CC1CC1)C1CCCCC1. The maximum atomic E-state index is 13.6. The Morgan fingerprint density at radius 2 is 1.88 bits per heavy atom. The summed E-state index contributed by atoms with van der Waals surface area (Å²) in [5.74, 6) is 0.586. The molecule has 0 aromatic heterocycles. The molecule has 1 aromatic carbocycles. The lowest BCUT2D eigenvalue weighted by molar-refractivity contribution is -0.00290. The number of hydrogen-bond acceptors (Lipinski definition) is 3. The van der Waals surface area contributed by atoms with Crippen LogP contribution in [-0.4, -0.2) is 41.8 Å². The van der Waals surface area contributed by atoms with E-state index in [0.717, 1.165) is 12.5 Å². The molecule has 2 fully saturated rings. The van der Waals surface area contributed by atoms with Gasteiger partial charge in [-0.1, -0.05) is 37.5 Å². The molecule has 1 aromatic rings. The molecule has 0 radical (unpaired) electrons. The van der Waals surface area contributed by atoms with Crippen molar-refractivity contribution in [3.8, 4) is 0 Å². The third kappa shape index (κ3) is 5.54. The quantitative estimate of drug-likeness (QED) is 0.746. The molecule has 1 N–H and O–H groups in total. The molecule has 2 aliphatic rings. The molecule has 1 unspecified atom stereocenters. The molecule has 0 saturated heterocycles. The van der Waals surface area contributed by atoms with Gasteiger partial charge in [0.1, 0.15) is 5.82 Å². The molecule has 1 atom stereocenters. The van der Waals surface area contributed by atoms with E-state index >= 15 is 0 Å². The van der Waals surface area contributed by atoms with E-state index in [1.165, 1.54) is 51.0 Å². The second-order valence-electron chi connectivity index (χ2n) is 7.45. The first-order chi connectivity index (χ1) is 11.7. The normalized spacial score (nSPS) is 20.5. The molecule has 2 aliphatic carbocycles. The van der Waals surface area contributed by atoms with Crippen LogP contribution >= 0.6 is 0 Å². The van der Waals surface area contributed by atoms with Crippen molar-refractivity contribution in [2.24, 2.45) is 5.92 Å². The predicted octanol–water partition coefficient (Wildman–Crippen LogP) is 3.75. The highest BCUT2D eigenvalue weighted by atomic mass is 19.1. The highest BCUT2D eigenvalue weighted by Gasteiger charge is 2.30. The lowest BCUT2D eigenvalue weighted by Crippen LogP contribution is -2.43. The minimum absolute atomic E-state index is 0.218. The van der Waals surface area contributed by atoms with E-state index in [1.54, 1.807) is 18.2 Å². The number of aliphatic hydroxyl groups is 1. The molecule has 24 heavy (non-hydrogen) atoms. The van der Waals surface area contributed by atoms with Gasteiger partial charge in [-0.05, 0) is 37.7 Å². The van der Waals surface area contributed by atoms with Crippen molar-refractivity contribution in [1.29, 1.82) is 0 Å². The predicted molar refractivity (Wildman–Crippen MR) is 93.2 cm³/mol. The minimum atomic E-state index is -0.502. The largest absolute Gasteiger partial charge is 0.389 e. The van der Waals surface area contributed by atoms with Crippen LogP contribution < -0.4 is 0 Å². The van der Waals surface area contributed by atoms with Crippen LogP contribution in [0.15, 0.2) is 24.3 Å². The van der Waals surface area contributed by atoms with E-state index in [4.69, 9.17) is 4.74 Å². The van der Waals surface area contributed by atoms with Crippen molar-refractivity contribution < 1.29 is 14.2 Å². The topological polar surface area (TPSA) is 32.7 Å². The Hall–Kier alpha value is -0.970. The molecule has 0 amide bonds. The molecule has 4 heteroatoms. The molecule has 3 rings (SSSR count). The van der Waals surface area contributed by atoms with Crippen LogP contribution in [0.5, 0.6) is 0 Å². The Labute approximate surface area is 144 Å². The Bertz CT molecular complexity index is 500. The summed E-state index contributed by atoms with van der Waals surface area (Å²) in [6, 6.07) is 7.27.